The van der Waals surface area contributed by atoms with E-state index in [1.165, 1.54) is 29.2 Å². The maximum absolute atomic E-state index is 13.3. The van der Waals surface area contributed by atoms with Crippen molar-refractivity contribution < 1.29 is 18.0 Å². The van der Waals surface area contributed by atoms with Gasteiger partial charge in [0, 0.05) is 51.5 Å². The lowest BCUT2D eigenvalue weighted by atomic mass is 10.0. The van der Waals surface area contributed by atoms with E-state index in [9.17, 15) is 18.0 Å². The highest BCUT2D eigenvalue weighted by molar-refractivity contribution is 6.30. The molecule has 0 saturated carbocycles. The lowest BCUT2D eigenvalue weighted by Crippen LogP contribution is -2.36. The molecular weight excluding hydrogens is 443 g/mol. The van der Waals surface area contributed by atoms with E-state index < -0.39 is 11.7 Å². The van der Waals surface area contributed by atoms with Crippen LogP contribution in [0.1, 0.15) is 24.0 Å². The Kier molecular flexibility index (Phi) is 5.57. The first-order valence-electron chi connectivity index (χ1n) is 10.9. The van der Waals surface area contributed by atoms with E-state index in [0.717, 1.165) is 44.6 Å². The largest absolute Gasteiger partial charge is 0.416 e. The number of hydrogen-bond donors (Lipinski definition) is 0. The van der Waals surface area contributed by atoms with Crippen LogP contribution in [0, 0.1) is 11.8 Å². The molecule has 1 amide bonds. The van der Waals surface area contributed by atoms with Crippen LogP contribution in [0.2, 0.25) is 5.02 Å². The highest BCUT2D eigenvalue weighted by Gasteiger charge is 2.42. The zero-order chi connectivity index (χ0) is 22.5. The van der Waals surface area contributed by atoms with Gasteiger partial charge in [0.2, 0.25) is 0 Å². The van der Waals surface area contributed by atoms with Crippen molar-refractivity contribution in [2.45, 2.75) is 25.6 Å². The highest BCUT2D eigenvalue weighted by Crippen LogP contribution is 2.37. The number of hydrogen-bond acceptors (Lipinski definition) is 4. The summed E-state index contributed by atoms with van der Waals surface area (Å²) in [4.78, 5) is 18.8. The average Bonchev–Trinajstić information content (AvgIpc) is 3.51. The summed E-state index contributed by atoms with van der Waals surface area (Å²) in [6.45, 7) is 5.19. The van der Waals surface area contributed by atoms with Gasteiger partial charge in [-0.15, -0.1) is 0 Å². The summed E-state index contributed by atoms with van der Waals surface area (Å²) in [5.74, 6) is 0.712. The molecule has 32 heavy (non-hydrogen) atoms. The molecule has 2 aromatic rings. The van der Waals surface area contributed by atoms with Crippen LogP contribution < -0.4 is 4.90 Å². The van der Waals surface area contributed by atoms with Crippen molar-refractivity contribution in [2.24, 2.45) is 11.8 Å². The number of likely N-dealkylation sites (tertiary alicyclic amines) is 2. The Hall–Kier alpha value is -2.26. The molecule has 2 atom stereocenters. The molecule has 10 heteroatoms. The van der Waals surface area contributed by atoms with Crippen molar-refractivity contribution in [2.75, 3.05) is 44.2 Å². The predicted molar refractivity (Wildman–Crippen MR) is 115 cm³/mol. The zero-order valence-corrected chi connectivity index (χ0v) is 18.3. The van der Waals surface area contributed by atoms with Crippen molar-refractivity contribution >= 4 is 23.3 Å². The van der Waals surface area contributed by atoms with Crippen molar-refractivity contribution in [3.8, 4) is 0 Å². The number of carbonyl (C=O) groups excluding carboxylic acids is 1. The number of halogens is 4. The molecule has 5 rings (SSSR count). The number of benzene rings is 1. The molecular formula is C22H25ClF3N5O. The smallest absolute Gasteiger partial charge is 0.371 e. The van der Waals surface area contributed by atoms with Crippen LogP contribution >= 0.6 is 11.6 Å². The lowest BCUT2D eigenvalue weighted by Gasteiger charge is -2.26. The van der Waals surface area contributed by atoms with Crippen LogP contribution in [-0.4, -0.2) is 64.9 Å². The Morgan fingerprint density at radius 1 is 1.09 bits per heavy atom. The number of anilines is 1. The van der Waals surface area contributed by atoms with Crippen molar-refractivity contribution in [1.29, 1.82) is 0 Å². The second-order valence-electron chi connectivity index (χ2n) is 9.04. The molecule has 4 heterocycles. The topological polar surface area (TPSA) is 44.6 Å². The predicted octanol–water partition coefficient (Wildman–Crippen LogP) is 4.19. The molecule has 0 bridgehead atoms. The molecule has 0 aliphatic carbocycles. The summed E-state index contributed by atoms with van der Waals surface area (Å²) in [6, 6.07) is 3.98. The normalized spacial score (nSPS) is 23.9. The second-order valence-corrected chi connectivity index (χ2v) is 9.48. The fraction of sp³-hybridized carbons (Fsp3) is 0.545. The number of nitrogens with zero attached hydrogens (tertiary/aromatic N) is 5. The minimum atomic E-state index is -4.34. The Morgan fingerprint density at radius 3 is 2.38 bits per heavy atom. The van der Waals surface area contributed by atoms with Gasteiger partial charge in [-0.1, -0.05) is 17.7 Å². The molecule has 172 valence electrons. The monoisotopic (exact) mass is 467 g/mol. The van der Waals surface area contributed by atoms with Gasteiger partial charge in [0.15, 0.2) is 0 Å². The van der Waals surface area contributed by atoms with E-state index in [1.54, 1.807) is 6.07 Å². The van der Waals surface area contributed by atoms with E-state index >= 15 is 0 Å². The standard InChI is InChI=1S/C22H25ClF3N5O/c23-19-8-27-31(14-19)21(32)30-12-16-10-28(11-17(16)13-30)9-15-3-4-18(22(24,25)26)7-20(15)29-5-1-2-6-29/h3-4,7-8,14,16-17H,1-2,5-6,9-13H2. The minimum absolute atomic E-state index is 0.170. The molecule has 0 spiro atoms. The third kappa shape index (κ3) is 4.20. The number of aromatic nitrogens is 2. The summed E-state index contributed by atoms with van der Waals surface area (Å²) in [6.07, 6.45) is 0.630. The number of carbonyl (C=O) groups is 1. The first-order chi connectivity index (χ1) is 15.3. The van der Waals surface area contributed by atoms with E-state index in [-0.39, 0.29) is 6.03 Å². The van der Waals surface area contributed by atoms with Gasteiger partial charge in [0.1, 0.15) is 0 Å². The molecule has 2 unspecified atom stereocenters. The fourth-order valence-corrected chi connectivity index (χ4v) is 5.43. The molecule has 0 radical (unpaired) electrons. The van der Waals surface area contributed by atoms with Crippen molar-refractivity contribution in [3.05, 3.63) is 46.7 Å². The molecule has 3 saturated heterocycles. The summed E-state index contributed by atoms with van der Waals surface area (Å²) in [7, 11) is 0. The molecule has 1 aromatic heterocycles. The van der Waals surface area contributed by atoms with Crippen molar-refractivity contribution in [3.63, 3.8) is 0 Å². The lowest BCUT2D eigenvalue weighted by molar-refractivity contribution is -0.137. The van der Waals surface area contributed by atoms with Crippen LogP contribution in [0.3, 0.4) is 0 Å². The third-order valence-corrected chi connectivity index (χ3v) is 7.03. The number of amides is 1. The van der Waals surface area contributed by atoms with E-state index in [1.807, 2.05) is 4.90 Å². The van der Waals surface area contributed by atoms with Gasteiger partial charge in [0.05, 0.1) is 23.0 Å². The van der Waals surface area contributed by atoms with Crippen LogP contribution in [0.25, 0.3) is 0 Å². The van der Waals surface area contributed by atoms with Crippen LogP contribution in [0.15, 0.2) is 30.6 Å². The van der Waals surface area contributed by atoms with E-state index in [4.69, 9.17) is 11.6 Å². The van der Waals surface area contributed by atoms with Crippen LogP contribution in [0.4, 0.5) is 23.7 Å². The summed E-state index contributed by atoms with van der Waals surface area (Å²) in [5, 5.41) is 4.42. The number of rotatable bonds is 3. The van der Waals surface area contributed by atoms with Gasteiger partial charge in [-0.25, -0.2) is 4.79 Å². The maximum atomic E-state index is 13.3. The molecule has 3 fully saturated rings. The third-order valence-electron chi connectivity index (χ3n) is 6.83. The van der Waals surface area contributed by atoms with Crippen LogP contribution in [-0.2, 0) is 12.7 Å². The molecule has 3 aliphatic heterocycles. The van der Waals surface area contributed by atoms with Gasteiger partial charge in [-0.3, -0.25) is 4.90 Å². The maximum Gasteiger partial charge on any atom is 0.416 e. The van der Waals surface area contributed by atoms with Gasteiger partial charge in [-0.05, 0) is 42.4 Å². The zero-order valence-electron chi connectivity index (χ0n) is 17.6. The van der Waals surface area contributed by atoms with Gasteiger partial charge >= 0.3 is 12.2 Å². The Balaban J connectivity index is 1.26. The average molecular weight is 468 g/mol. The Labute approximate surface area is 189 Å². The molecule has 3 aliphatic rings. The van der Waals surface area contributed by atoms with E-state index in [2.05, 4.69) is 14.9 Å². The summed E-state index contributed by atoms with van der Waals surface area (Å²) in [5.41, 5.74) is 1.06. The quantitative estimate of drug-likeness (QED) is 0.679. The Bertz CT molecular complexity index is 990. The number of fused-ring (bicyclic) bond motifs is 1. The first kappa shape index (κ1) is 21.6. The van der Waals surface area contributed by atoms with Gasteiger partial charge < -0.3 is 9.80 Å². The minimum Gasteiger partial charge on any atom is -0.371 e. The second kappa shape index (κ2) is 8.26. The van der Waals surface area contributed by atoms with Gasteiger partial charge in [-0.2, -0.15) is 23.0 Å². The Morgan fingerprint density at radius 2 is 1.78 bits per heavy atom. The molecule has 6 nitrogen and oxygen atoms in total. The summed E-state index contributed by atoms with van der Waals surface area (Å²) >= 11 is 5.87. The van der Waals surface area contributed by atoms with Crippen LogP contribution in [0.5, 0.6) is 0 Å². The highest BCUT2D eigenvalue weighted by atomic mass is 35.5. The van der Waals surface area contributed by atoms with E-state index in [0.29, 0.717) is 42.2 Å². The van der Waals surface area contributed by atoms with Gasteiger partial charge in [0.25, 0.3) is 0 Å². The molecule has 0 N–H and O–H groups in total. The SMILES string of the molecule is O=C(N1CC2CN(Cc3ccc(C(F)(F)F)cc3N3CCCC3)CC2C1)n1cc(Cl)cn1. The fourth-order valence-electron chi connectivity index (χ4n) is 5.29. The summed E-state index contributed by atoms with van der Waals surface area (Å²) < 4.78 is 41.2. The van der Waals surface area contributed by atoms with Crippen molar-refractivity contribution in [1.82, 2.24) is 19.6 Å². The first-order valence-corrected chi connectivity index (χ1v) is 11.3. The molecule has 1 aromatic carbocycles. The number of alkyl halides is 3.